The van der Waals surface area contributed by atoms with E-state index in [4.69, 9.17) is 4.74 Å². The average molecular weight is 291 g/mol. The Labute approximate surface area is 114 Å². The highest BCUT2D eigenvalue weighted by Crippen LogP contribution is 2.28. The Hall–Kier alpha value is -1.76. The molecule has 1 N–H and O–H groups in total. The van der Waals surface area contributed by atoms with Crippen molar-refractivity contribution < 1.29 is 27.4 Å². The van der Waals surface area contributed by atoms with Gasteiger partial charge in [-0.1, -0.05) is 30.3 Å². The molecule has 1 amide bonds. The van der Waals surface area contributed by atoms with E-state index in [9.17, 15) is 18.0 Å². The van der Waals surface area contributed by atoms with Crippen molar-refractivity contribution in [2.45, 2.75) is 25.9 Å². The van der Waals surface area contributed by atoms with Gasteiger partial charge in [0.2, 0.25) is 0 Å². The van der Waals surface area contributed by atoms with Crippen molar-refractivity contribution in [1.29, 1.82) is 0 Å². The molecule has 0 fully saturated rings. The van der Waals surface area contributed by atoms with Crippen LogP contribution in [0, 0.1) is 5.92 Å². The lowest BCUT2D eigenvalue weighted by Gasteiger charge is -2.25. The minimum atomic E-state index is -4.46. The van der Waals surface area contributed by atoms with Gasteiger partial charge in [-0.05, 0) is 12.5 Å². The zero-order chi connectivity index (χ0) is 15.2. The number of carbonyl (C=O) groups is 1. The topological polar surface area (TPSA) is 47.6 Å². The first-order chi connectivity index (χ1) is 9.34. The first-order valence-electron chi connectivity index (χ1n) is 5.91. The van der Waals surface area contributed by atoms with Crippen molar-refractivity contribution in [3.8, 4) is 0 Å². The van der Waals surface area contributed by atoms with E-state index in [-0.39, 0.29) is 6.61 Å². The third-order valence-corrected chi connectivity index (χ3v) is 2.70. The Kier molecular flexibility index (Phi) is 5.82. The molecule has 20 heavy (non-hydrogen) atoms. The van der Waals surface area contributed by atoms with Crippen LogP contribution >= 0.6 is 0 Å². The van der Waals surface area contributed by atoms with Gasteiger partial charge >= 0.3 is 12.3 Å². The largest absolute Gasteiger partial charge is 0.445 e. The van der Waals surface area contributed by atoms with Crippen LogP contribution in [0.3, 0.4) is 0 Å². The molecule has 1 rings (SSSR count). The molecule has 1 aromatic rings. The summed E-state index contributed by atoms with van der Waals surface area (Å²) in [7, 11) is 1.09. The number of methoxy groups -OCH3 is 1. The van der Waals surface area contributed by atoms with Crippen LogP contribution in [0.1, 0.15) is 12.5 Å². The van der Waals surface area contributed by atoms with Gasteiger partial charge in [0.05, 0.1) is 5.92 Å². The normalized spacial score (nSPS) is 14.4. The Morgan fingerprint density at radius 3 is 2.40 bits per heavy atom. The maximum absolute atomic E-state index is 12.5. The summed E-state index contributed by atoms with van der Waals surface area (Å²) in [5.74, 6) is -1.84. The monoisotopic (exact) mass is 291 g/mol. The molecule has 0 saturated carbocycles. The van der Waals surface area contributed by atoms with E-state index in [1.54, 1.807) is 30.3 Å². The lowest BCUT2D eigenvalue weighted by atomic mass is 10.1. The summed E-state index contributed by atoms with van der Waals surface area (Å²) < 4.78 is 47.0. The predicted molar refractivity (Wildman–Crippen MR) is 65.8 cm³/mol. The average Bonchev–Trinajstić information content (AvgIpc) is 2.42. The van der Waals surface area contributed by atoms with Gasteiger partial charge in [-0.3, -0.25) is 5.32 Å². The molecule has 0 aromatic heterocycles. The highest BCUT2D eigenvalue weighted by Gasteiger charge is 2.42. The standard InChI is InChI=1S/C13H16F3NO3/c1-9(13(14,15)16)11(19-2)17-12(18)20-8-10-6-4-3-5-7-10/h3-7,9,11H,8H2,1-2H3,(H,17,18). The van der Waals surface area contributed by atoms with E-state index >= 15 is 0 Å². The van der Waals surface area contributed by atoms with Gasteiger partial charge in [-0.2, -0.15) is 13.2 Å². The molecule has 0 radical (unpaired) electrons. The molecule has 1 aromatic carbocycles. The van der Waals surface area contributed by atoms with Crippen LogP contribution in [0.5, 0.6) is 0 Å². The van der Waals surface area contributed by atoms with Crippen molar-refractivity contribution in [2.24, 2.45) is 5.92 Å². The van der Waals surface area contributed by atoms with Gasteiger partial charge in [-0.15, -0.1) is 0 Å². The van der Waals surface area contributed by atoms with E-state index in [1.807, 2.05) is 5.32 Å². The fourth-order valence-electron chi connectivity index (χ4n) is 1.44. The molecule has 0 spiro atoms. The number of hydrogen-bond donors (Lipinski definition) is 1. The smallest absolute Gasteiger partial charge is 0.409 e. The number of amides is 1. The van der Waals surface area contributed by atoms with Crippen molar-refractivity contribution >= 4 is 6.09 Å². The fourth-order valence-corrected chi connectivity index (χ4v) is 1.44. The molecule has 2 atom stereocenters. The number of rotatable bonds is 5. The lowest BCUT2D eigenvalue weighted by Crippen LogP contribution is -2.46. The second-order valence-corrected chi connectivity index (χ2v) is 4.19. The van der Waals surface area contributed by atoms with Crippen LogP contribution in [-0.2, 0) is 16.1 Å². The van der Waals surface area contributed by atoms with E-state index in [2.05, 4.69) is 4.74 Å². The minimum Gasteiger partial charge on any atom is -0.445 e. The third kappa shape index (κ3) is 5.08. The molecular formula is C13H16F3NO3. The van der Waals surface area contributed by atoms with Gasteiger partial charge in [-0.25, -0.2) is 4.79 Å². The number of benzene rings is 1. The van der Waals surface area contributed by atoms with Crippen molar-refractivity contribution in [3.63, 3.8) is 0 Å². The first kappa shape index (κ1) is 16.3. The zero-order valence-electron chi connectivity index (χ0n) is 11.1. The summed E-state index contributed by atoms with van der Waals surface area (Å²) in [5, 5.41) is 2.04. The number of nitrogens with one attached hydrogen (secondary N) is 1. The van der Waals surface area contributed by atoms with Crippen LogP contribution in [-0.4, -0.2) is 25.6 Å². The van der Waals surface area contributed by atoms with Gasteiger partial charge in [0.1, 0.15) is 12.8 Å². The zero-order valence-corrected chi connectivity index (χ0v) is 11.1. The van der Waals surface area contributed by atoms with Crippen molar-refractivity contribution in [1.82, 2.24) is 5.32 Å². The van der Waals surface area contributed by atoms with E-state index < -0.39 is 24.4 Å². The van der Waals surface area contributed by atoms with E-state index in [0.29, 0.717) is 0 Å². The Balaban J connectivity index is 2.48. The summed E-state index contributed by atoms with van der Waals surface area (Å²) in [6.45, 7) is 0.898. The Morgan fingerprint density at radius 2 is 1.90 bits per heavy atom. The molecule has 0 aliphatic carbocycles. The van der Waals surface area contributed by atoms with Crippen LogP contribution < -0.4 is 5.32 Å². The maximum Gasteiger partial charge on any atom is 0.409 e. The molecule has 0 bridgehead atoms. The van der Waals surface area contributed by atoms with Crippen molar-refractivity contribution in [2.75, 3.05) is 7.11 Å². The molecule has 0 saturated heterocycles. The number of carbonyl (C=O) groups excluding carboxylic acids is 1. The molecule has 0 aliphatic heterocycles. The van der Waals surface area contributed by atoms with Gasteiger partial charge in [0, 0.05) is 7.11 Å². The second-order valence-electron chi connectivity index (χ2n) is 4.19. The van der Waals surface area contributed by atoms with E-state index in [0.717, 1.165) is 19.6 Å². The Bertz CT molecular complexity index is 423. The molecule has 112 valence electrons. The summed E-state index contributed by atoms with van der Waals surface area (Å²) >= 11 is 0. The summed E-state index contributed by atoms with van der Waals surface area (Å²) in [6.07, 6.45) is -6.91. The summed E-state index contributed by atoms with van der Waals surface area (Å²) in [5.41, 5.74) is 0.737. The number of alkyl halides is 3. The number of hydrogen-bond acceptors (Lipinski definition) is 3. The van der Waals surface area contributed by atoms with Crippen LogP contribution in [0.15, 0.2) is 30.3 Å². The lowest BCUT2D eigenvalue weighted by molar-refractivity contribution is -0.201. The molecule has 7 heteroatoms. The molecule has 0 heterocycles. The number of alkyl carbamates (subject to hydrolysis) is 1. The summed E-state index contributed by atoms with van der Waals surface area (Å²) in [4.78, 5) is 11.4. The first-order valence-corrected chi connectivity index (χ1v) is 5.91. The van der Waals surface area contributed by atoms with Gasteiger partial charge in [0.25, 0.3) is 0 Å². The maximum atomic E-state index is 12.5. The quantitative estimate of drug-likeness (QED) is 0.848. The minimum absolute atomic E-state index is 0.0243. The van der Waals surface area contributed by atoms with Crippen LogP contribution in [0.4, 0.5) is 18.0 Å². The molecule has 2 unspecified atom stereocenters. The third-order valence-electron chi connectivity index (χ3n) is 2.70. The second kappa shape index (κ2) is 7.14. The summed E-state index contributed by atoms with van der Waals surface area (Å²) in [6, 6.07) is 8.80. The SMILES string of the molecule is COC(NC(=O)OCc1ccccc1)C(C)C(F)(F)F. The van der Waals surface area contributed by atoms with Crippen LogP contribution in [0.2, 0.25) is 0 Å². The highest BCUT2D eigenvalue weighted by molar-refractivity contribution is 5.67. The number of ether oxygens (including phenoxy) is 2. The molecule has 0 aliphatic rings. The predicted octanol–water partition coefficient (Wildman–Crippen LogP) is 3.08. The van der Waals surface area contributed by atoms with Crippen molar-refractivity contribution in [3.05, 3.63) is 35.9 Å². The van der Waals surface area contributed by atoms with Gasteiger partial charge in [0.15, 0.2) is 0 Å². The van der Waals surface area contributed by atoms with Gasteiger partial charge < -0.3 is 9.47 Å². The van der Waals surface area contributed by atoms with E-state index in [1.165, 1.54) is 0 Å². The fraction of sp³-hybridized carbons (Fsp3) is 0.462. The molecular weight excluding hydrogens is 275 g/mol. The highest BCUT2D eigenvalue weighted by atomic mass is 19.4. The Morgan fingerprint density at radius 1 is 1.30 bits per heavy atom. The van der Waals surface area contributed by atoms with Crippen LogP contribution in [0.25, 0.3) is 0 Å². The molecule has 4 nitrogen and oxygen atoms in total. The number of halogens is 3.